The minimum absolute atomic E-state index is 0.0149. The Hall–Kier alpha value is -2.40. The van der Waals surface area contributed by atoms with E-state index in [9.17, 15) is 19.8 Å². The zero-order valence-electron chi connectivity index (χ0n) is 27.5. The lowest BCUT2D eigenvalue weighted by Gasteiger charge is -2.69. The summed E-state index contributed by atoms with van der Waals surface area (Å²) in [6.45, 7) is 17.4. The lowest BCUT2D eigenvalue weighted by molar-refractivity contribution is -0.158. The van der Waals surface area contributed by atoms with Crippen LogP contribution in [-0.2, 0) is 0 Å². The van der Waals surface area contributed by atoms with Gasteiger partial charge in [-0.2, -0.15) is 0 Å². The van der Waals surface area contributed by atoms with Gasteiger partial charge >= 0.3 is 5.97 Å². The van der Waals surface area contributed by atoms with E-state index in [4.69, 9.17) is 0 Å². The van der Waals surface area contributed by atoms with Gasteiger partial charge in [0.25, 0.3) is 5.91 Å². The summed E-state index contributed by atoms with van der Waals surface area (Å²) in [6, 6.07) is 6.51. The Bertz CT molecular complexity index is 1410. The SMILES string of the molecule is CC1(C)[C@@H](NC(=O)c2ccccc2C(=O)O)CC[C@]2(C)[C@H]3C=CC4=C5C[C@@](C)(CO)CC[C@]5(C)CC[C@@]4(C)[C@]3(C)CC[C@@H]12. The van der Waals surface area contributed by atoms with Crippen LogP contribution in [0.4, 0.5) is 0 Å². The number of aliphatic hydroxyl groups excluding tert-OH is 1. The maximum absolute atomic E-state index is 13.4. The number of hydrogen-bond donors (Lipinski definition) is 3. The van der Waals surface area contributed by atoms with Crippen molar-refractivity contribution in [2.24, 2.45) is 44.3 Å². The highest BCUT2D eigenvalue weighted by molar-refractivity contribution is 6.04. The average molecular weight is 588 g/mol. The number of fused-ring (bicyclic) bond motifs is 6. The first kappa shape index (κ1) is 30.6. The zero-order chi connectivity index (χ0) is 31.2. The Balaban J connectivity index is 1.33. The van der Waals surface area contributed by atoms with Gasteiger partial charge in [0.2, 0.25) is 0 Å². The third kappa shape index (κ3) is 4.26. The van der Waals surface area contributed by atoms with Gasteiger partial charge in [-0.25, -0.2) is 4.79 Å². The van der Waals surface area contributed by atoms with Crippen molar-refractivity contribution in [3.8, 4) is 0 Å². The number of carboxylic acids is 1. The highest BCUT2D eigenvalue weighted by Gasteiger charge is 2.66. The molecule has 234 valence electrons. The summed E-state index contributed by atoms with van der Waals surface area (Å²) in [5.74, 6) is -0.462. The summed E-state index contributed by atoms with van der Waals surface area (Å²) in [5, 5.41) is 23.3. The van der Waals surface area contributed by atoms with E-state index in [1.807, 2.05) is 0 Å². The number of aromatic carboxylic acids is 1. The molecule has 0 aliphatic heterocycles. The van der Waals surface area contributed by atoms with Gasteiger partial charge in [-0.3, -0.25) is 4.79 Å². The topological polar surface area (TPSA) is 86.6 Å². The van der Waals surface area contributed by atoms with Crippen LogP contribution in [-0.4, -0.2) is 34.7 Å². The van der Waals surface area contributed by atoms with E-state index in [1.54, 1.807) is 29.3 Å². The molecule has 0 bridgehead atoms. The van der Waals surface area contributed by atoms with Crippen LogP contribution in [0.15, 0.2) is 47.6 Å². The van der Waals surface area contributed by atoms with Crippen molar-refractivity contribution in [1.82, 2.24) is 5.32 Å². The van der Waals surface area contributed by atoms with Crippen molar-refractivity contribution < 1.29 is 19.8 Å². The van der Waals surface area contributed by atoms with Crippen LogP contribution in [0.25, 0.3) is 0 Å². The molecule has 0 aromatic heterocycles. The number of carboxylic acid groups (broad SMARTS) is 1. The fourth-order valence-electron chi connectivity index (χ4n) is 11.3. The molecule has 43 heavy (non-hydrogen) atoms. The van der Waals surface area contributed by atoms with Gasteiger partial charge in [0.05, 0.1) is 11.1 Å². The monoisotopic (exact) mass is 587 g/mol. The molecule has 3 saturated carbocycles. The molecule has 5 aliphatic carbocycles. The molecule has 6 rings (SSSR count). The average Bonchev–Trinajstić information content (AvgIpc) is 2.96. The normalized spacial score (nSPS) is 43.1. The maximum atomic E-state index is 13.4. The van der Waals surface area contributed by atoms with E-state index in [0.717, 1.165) is 38.5 Å². The molecular formula is C38H53NO4. The van der Waals surface area contributed by atoms with Crippen molar-refractivity contribution in [3.63, 3.8) is 0 Å². The summed E-state index contributed by atoms with van der Waals surface area (Å²) in [5.41, 5.74) is 3.96. The van der Waals surface area contributed by atoms with Crippen molar-refractivity contribution in [3.05, 3.63) is 58.7 Å². The second-order valence-corrected chi connectivity index (χ2v) is 17.0. The first-order valence-electron chi connectivity index (χ1n) is 16.7. The second-order valence-electron chi connectivity index (χ2n) is 17.0. The number of rotatable bonds is 4. The summed E-state index contributed by atoms with van der Waals surface area (Å²) < 4.78 is 0. The summed E-state index contributed by atoms with van der Waals surface area (Å²) in [6.07, 6.45) is 15.1. The van der Waals surface area contributed by atoms with Crippen molar-refractivity contribution in [2.45, 2.75) is 112 Å². The fraction of sp³-hybridized carbons (Fsp3) is 0.684. The molecule has 1 aromatic carbocycles. The Morgan fingerprint density at radius 3 is 2.23 bits per heavy atom. The zero-order valence-corrected chi connectivity index (χ0v) is 27.5. The molecule has 5 aliphatic rings. The Morgan fingerprint density at radius 2 is 1.56 bits per heavy atom. The van der Waals surface area contributed by atoms with Crippen LogP contribution in [0.3, 0.4) is 0 Å². The highest BCUT2D eigenvalue weighted by atomic mass is 16.4. The first-order chi connectivity index (χ1) is 20.0. The van der Waals surface area contributed by atoms with E-state index >= 15 is 0 Å². The molecule has 0 unspecified atom stereocenters. The van der Waals surface area contributed by atoms with Crippen LogP contribution >= 0.6 is 0 Å². The van der Waals surface area contributed by atoms with Crippen LogP contribution in [0, 0.1) is 44.3 Å². The smallest absolute Gasteiger partial charge is 0.336 e. The van der Waals surface area contributed by atoms with Gasteiger partial charge in [-0.05, 0) is 120 Å². The number of nitrogens with one attached hydrogen (secondary N) is 1. The largest absolute Gasteiger partial charge is 0.478 e. The predicted octanol–water partition coefficient (Wildman–Crippen LogP) is 8.20. The maximum Gasteiger partial charge on any atom is 0.336 e. The highest BCUT2D eigenvalue weighted by Crippen LogP contribution is 2.74. The fourth-order valence-corrected chi connectivity index (χ4v) is 11.3. The van der Waals surface area contributed by atoms with Crippen molar-refractivity contribution in [1.29, 1.82) is 0 Å². The predicted molar refractivity (Wildman–Crippen MR) is 171 cm³/mol. The molecule has 0 spiro atoms. The number of aliphatic hydroxyl groups is 1. The number of carbonyl (C=O) groups excluding carboxylic acids is 1. The lowest BCUT2D eigenvalue weighted by Crippen LogP contribution is -2.64. The Morgan fingerprint density at radius 1 is 0.884 bits per heavy atom. The number of hydrogen-bond acceptors (Lipinski definition) is 3. The molecule has 5 heteroatoms. The van der Waals surface area contributed by atoms with E-state index < -0.39 is 5.97 Å². The standard InChI is InChI=1S/C38H53NO4/c1-33(2)28-14-17-38(7)29(13-12-26-27-22-34(3,23-40)18-19-35(27,4)20-21-37(26,38)6)36(28,5)16-15-30(33)39-31(41)24-10-8-9-11-25(24)32(42)43/h8-13,28-30,40H,14-23H2,1-7H3,(H,39,41)(H,42,43)/t28-,29+,30-,34-,35+,36-,37+,38+/m0/s1. The molecule has 0 heterocycles. The van der Waals surface area contributed by atoms with E-state index in [0.29, 0.717) is 11.8 Å². The van der Waals surface area contributed by atoms with E-state index in [-0.39, 0.29) is 62.2 Å². The van der Waals surface area contributed by atoms with Gasteiger partial charge < -0.3 is 15.5 Å². The summed E-state index contributed by atoms with van der Waals surface area (Å²) in [4.78, 5) is 25.3. The molecular weight excluding hydrogens is 534 g/mol. The summed E-state index contributed by atoms with van der Waals surface area (Å²) in [7, 11) is 0. The molecule has 3 N–H and O–H groups in total. The Kier molecular flexibility index (Phi) is 6.98. The lowest BCUT2D eigenvalue weighted by atomic mass is 9.35. The van der Waals surface area contributed by atoms with E-state index in [1.165, 1.54) is 25.3 Å². The second kappa shape index (κ2) is 9.80. The molecule has 1 aromatic rings. The quantitative estimate of drug-likeness (QED) is 0.331. The van der Waals surface area contributed by atoms with Gasteiger partial charge in [-0.1, -0.05) is 78.3 Å². The van der Waals surface area contributed by atoms with Gasteiger partial charge in [0.15, 0.2) is 0 Å². The van der Waals surface area contributed by atoms with Crippen LogP contribution in [0.1, 0.15) is 127 Å². The first-order valence-corrected chi connectivity index (χ1v) is 16.7. The van der Waals surface area contributed by atoms with E-state index in [2.05, 4.69) is 65.9 Å². The van der Waals surface area contributed by atoms with Crippen LogP contribution in [0.5, 0.6) is 0 Å². The van der Waals surface area contributed by atoms with Gasteiger partial charge in [0.1, 0.15) is 0 Å². The van der Waals surface area contributed by atoms with Crippen LogP contribution < -0.4 is 5.32 Å². The number of carbonyl (C=O) groups is 2. The van der Waals surface area contributed by atoms with Gasteiger partial charge in [-0.15, -0.1) is 0 Å². The number of allylic oxidation sites excluding steroid dienone is 4. The minimum atomic E-state index is -1.07. The molecule has 1 amide bonds. The third-order valence-electron chi connectivity index (χ3n) is 14.4. The minimum Gasteiger partial charge on any atom is -0.478 e. The Labute approximate surface area is 258 Å². The summed E-state index contributed by atoms with van der Waals surface area (Å²) >= 11 is 0. The molecule has 0 radical (unpaired) electrons. The van der Waals surface area contributed by atoms with Gasteiger partial charge in [0, 0.05) is 12.6 Å². The molecule has 8 atom stereocenters. The van der Waals surface area contributed by atoms with Crippen molar-refractivity contribution in [2.75, 3.05) is 6.61 Å². The third-order valence-corrected chi connectivity index (χ3v) is 14.4. The molecule has 0 saturated heterocycles. The molecule has 5 nitrogen and oxygen atoms in total. The number of benzene rings is 1. The van der Waals surface area contributed by atoms with Crippen molar-refractivity contribution >= 4 is 11.9 Å². The number of amides is 1. The molecule has 3 fully saturated rings. The van der Waals surface area contributed by atoms with Crippen LogP contribution in [0.2, 0.25) is 0 Å².